The zero-order valence-corrected chi connectivity index (χ0v) is 12.2. The van der Waals surface area contributed by atoms with E-state index in [1.807, 2.05) is 0 Å². The molecule has 2 rings (SSSR count). The van der Waals surface area contributed by atoms with Crippen LogP contribution < -0.4 is 4.72 Å². The lowest BCUT2D eigenvalue weighted by molar-refractivity contribution is 0.0696. The fourth-order valence-electron chi connectivity index (χ4n) is 2.09. The van der Waals surface area contributed by atoms with Gasteiger partial charge < -0.3 is 5.11 Å². The zero-order valence-electron chi connectivity index (χ0n) is 11.4. The van der Waals surface area contributed by atoms with E-state index in [4.69, 9.17) is 5.11 Å². The average Bonchev–Trinajstić information content (AvgIpc) is 3.18. The van der Waals surface area contributed by atoms with Gasteiger partial charge in [-0.3, -0.25) is 0 Å². The normalized spacial score (nSPS) is 15.2. The number of nitrogens with one attached hydrogen (secondary N) is 1. The molecule has 0 amide bonds. The van der Waals surface area contributed by atoms with Crippen molar-refractivity contribution in [3.8, 4) is 0 Å². The van der Waals surface area contributed by atoms with Crippen LogP contribution in [-0.4, -0.2) is 26.0 Å². The molecule has 1 aromatic rings. The van der Waals surface area contributed by atoms with Crippen molar-refractivity contribution >= 4 is 16.0 Å². The molecular formula is C14H19NO4S. The summed E-state index contributed by atoms with van der Waals surface area (Å²) in [5.41, 5.74) is 0.566. The van der Waals surface area contributed by atoms with E-state index >= 15 is 0 Å². The third-order valence-electron chi connectivity index (χ3n) is 3.53. The van der Waals surface area contributed by atoms with Crippen molar-refractivity contribution in [2.24, 2.45) is 5.92 Å². The second-order valence-corrected chi connectivity index (χ2v) is 7.03. The van der Waals surface area contributed by atoms with Crippen molar-refractivity contribution in [2.75, 3.05) is 6.54 Å². The minimum atomic E-state index is -3.62. The molecule has 0 unspecified atom stereocenters. The summed E-state index contributed by atoms with van der Waals surface area (Å²) in [4.78, 5) is 11.0. The SMILES string of the molecule is Cc1ccc(S(=O)(=O)NCCCC2CC2)cc1C(=O)O. The second-order valence-electron chi connectivity index (χ2n) is 5.27. The molecule has 0 radical (unpaired) electrons. The molecule has 20 heavy (non-hydrogen) atoms. The van der Waals surface area contributed by atoms with Gasteiger partial charge in [-0.15, -0.1) is 0 Å². The number of hydrogen-bond donors (Lipinski definition) is 2. The molecule has 1 aromatic carbocycles. The molecule has 0 spiro atoms. The van der Waals surface area contributed by atoms with E-state index in [0.717, 1.165) is 18.8 Å². The van der Waals surface area contributed by atoms with E-state index in [0.29, 0.717) is 12.1 Å². The molecule has 0 aromatic heterocycles. The number of carboxylic acids is 1. The van der Waals surface area contributed by atoms with E-state index < -0.39 is 16.0 Å². The van der Waals surface area contributed by atoms with Gasteiger partial charge in [-0.05, 0) is 43.4 Å². The summed E-state index contributed by atoms with van der Waals surface area (Å²) in [6, 6.07) is 4.16. The van der Waals surface area contributed by atoms with Crippen molar-refractivity contribution < 1.29 is 18.3 Å². The van der Waals surface area contributed by atoms with E-state index in [-0.39, 0.29) is 10.5 Å². The predicted octanol–water partition coefficient (Wildman–Crippen LogP) is 2.16. The van der Waals surface area contributed by atoms with Crippen LogP contribution in [0.25, 0.3) is 0 Å². The van der Waals surface area contributed by atoms with Crippen molar-refractivity contribution in [3.63, 3.8) is 0 Å². The van der Waals surface area contributed by atoms with E-state index in [2.05, 4.69) is 4.72 Å². The maximum Gasteiger partial charge on any atom is 0.335 e. The fourth-order valence-corrected chi connectivity index (χ4v) is 3.19. The van der Waals surface area contributed by atoms with Crippen LogP contribution in [0.15, 0.2) is 23.1 Å². The van der Waals surface area contributed by atoms with E-state index in [1.165, 1.54) is 31.0 Å². The topological polar surface area (TPSA) is 83.5 Å². The maximum absolute atomic E-state index is 12.1. The Bertz CT molecular complexity index is 606. The molecule has 1 fully saturated rings. The minimum Gasteiger partial charge on any atom is -0.478 e. The van der Waals surface area contributed by atoms with Gasteiger partial charge in [0.1, 0.15) is 0 Å². The van der Waals surface area contributed by atoms with Crippen LogP contribution >= 0.6 is 0 Å². The van der Waals surface area contributed by atoms with Gasteiger partial charge in [0, 0.05) is 6.54 Å². The van der Waals surface area contributed by atoms with Crippen LogP contribution in [0.4, 0.5) is 0 Å². The van der Waals surface area contributed by atoms with Gasteiger partial charge in [-0.1, -0.05) is 18.9 Å². The Balaban J connectivity index is 2.03. The molecule has 0 heterocycles. The number of rotatable bonds is 7. The molecule has 1 aliphatic carbocycles. The van der Waals surface area contributed by atoms with Crippen LogP contribution in [0, 0.1) is 12.8 Å². The zero-order chi connectivity index (χ0) is 14.8. The Kier molecular flexibility index (Phi) is 4.45. The Morgan fingerprint density at radius 3 is 2.70 bits per heavy atom. The number of carbonyl (C=O) groups is 1. The highest BCUT2D eigenvalue weighted by molar-refractivity contribution is 7.89. The smallest absolute Gasteiger partial charge is 0.335 e. The lowest BCUT2D eigenvalue weighted by Crippen LogP contribution is -2.25. The van der Waals surface area contributed by atoms with Crippen LogP contribution in [0.1, 0.15) is 41.6 Å². The third kappa shape index (κ3) is 3.80. The summed E-state index contributed by atoms with van der Waals surface area (Å²) < 4.78 is 26.7. The van der Waals surface area contributed by atoms with Crippen molar-refractivity contribution in [1.82, 2.24) is 4.72 Å². The van der Waals surface area contributed by atoms with Crippen molar-refractivity contribution in [3.05, 3.63) is 29.3 Å². The minimum absolute atomic E-state index is 0.00641. The number of aromatic carboxylic acids is 1. The monoisotopic (exact) mass is 297 g/mol. The Labute approximate surface area is 119 Å². The number of hydrogen-bond acceptors (Lipinski definition) is 3. The van der Waals surface area contributed by atoms with Crippen LogP contribution in [0.5, 0.6) is 0 Å². The summed E-state index contributed by atoms with van der Waals surface area (Å²) in [5.74, 6) is -0.342. The maximum atomic E-state index is 12.1. The number of benzene rings is 1. The van der Waals surface area contributed by atoms with Crippen LogP contribution in [0.3, 0.4) is 0 Å². The Morgan fingerprint density at radius 2 is 2.10 bits per heavy atom. The highest BCUT2D eigenvalue weighted by atomic mass is 32.2. The van der Waals surface area contributed by atoms with E-state index in [1.54, 1.807) is 6.92 Å². The predicted molar refractivity (Wildman–Crippen MR) is 75.3 cm³/mol. The molecule has 110 valence electrons. The summed E-state index contributed by atoms with van der Waals surface area (Å²) in [7, 11) is -3.62. The quantitative estimate of drug-likeness (QED) is 0.755. The molecule has 6 heteroatoms. The van der Waals surface area contributed by atoms with Gasteiger partial charge >= 0.3 is 5.97 Å². The highest BCUT2D eigenvalue weighted by Gasteiger charge is 2.21. The Morgan fingerprint density at radius 1 is 1.40 bits per heavy atom. The fraction of sp³-hybridized carbons (Fsp3) is 0.500. The highest BCUT2D eigenvalue weighted by Crippen LogP contribution is 2.33. The van der Waals surface area contributed by atoms with Crippen molar-refractivity contribution in [1.29, 1.82) is 0 Å². The summed E-state index contributed by atoms with van der Waals surface area (Å²) in [5, 5.41) is 9.02. The van der Waals surface area contributed by atoms with Gasteiger partial charge in [0.05, 0.1) is 10.5 Å². The molecular weight excluding hydrogens is 278 g/mol. The molecule has 0 atom stereocenters. The molecule has 0 bridgehead atoms. The number of carboxylic acid groups (broad SMARTS) is 1. The first kappa shape index (κ1) is 15.0. The first-order chi connectivity index (χ1) is 9.40. The van der Waals surface area contributed by atoms with Crippen LogP contribution in [0.2, 0.25) is 0 Å². The average molecular weight is 297 g/mol. The van der Waals surface area contributed by atoms with Crippen molar-refractivity contribution in [2.45, 2.75) is 37.5 Å². The van der Waals surface area contributed by atoms with E-state index in [9.17, 15) is 13.2 Å². The number of sulfonamides is 1. The van der Waals surface area contributed by atoms with Gasteiger partial charge in [0.2, 0.25) is 10.0 Å². The molecule has 5 nitrogen and oxygen atoms in total. The Hall–Kier alpha value is -1.40. The van der Waals surface area contributed by atoms with Gasteiger partial charge in [0.25, 0.3) is 0 Å². The standard InChI is InChI=1S/C14H19NO4S/c1-10-4-7-12(9-13(10)14(16)17)20(18,19)15-8-2-3-11-5-6-11/h4,7,9,11,15H,2-3,5-6,8H2,1H3,(H,16,17). The largest absolute Gasteiger partial charge is 0.478 e. The summed E-state index contributed by atoms with van der Waals surface area (Å²) in [6.07, 6.45) is 4.39. The third-order valence-corrected chi connectivity index (χ3v) is 4.99. The molecule has 1 saturated carbocycles. The second kappa shape index (κ2) is 5.93. The van der Waals surface area contributed by atoms with Gasteiger partial charge in [-0.2, -0.15) is 0 Å². The molecule has 0 aliphatic heterocycles. The molecule has 0 saturated heterocycles. The van der Waals surface area contributed by atoms with Gasteiger partial charge in [0.15, 0.2) is 0 Å². The first-order valence-electron chi connectivity index (χ1n) is 6.74. The summed E-state index contributed by atoms with van der Waals surface area (Å²) >= 11 is 0. The lowest BCUT2D eigenvalue weighted by Gasteiger charge is -2.08. The van der Waals surface area contributed by atoms with Gasteiger partial charge in [-0.25, -0.2) is 17.9 Å². The van der Waals surface area contributed by atoms with Crippen LogP contribution in [-0.2, 0) is 10.0 Å². The first-order valence-corrected chi connectivity index (χ1v) is 8.22. The lowest BCUT2D eigenvalue weighted by atomic mass is 10.1. The molecule has 2 N–H and O–H groups in total. The number of aryl methyl sites for hydroxylation is 1. The molecule has 1 aliphatic rings. The summed E-state index contributed by atoms with van der Waals surface area (Å²) in [6.45, 7) is 2.04.